The van der Waals surface area contributed by atoms with E-state index in [4.69, 9.17) is 21.1 Å². The van der Waals surface area contributed by atoms with Crippen molar-refractivity contribution in [2.24, 2.45) is 0 Å². The van der Waals surface area contributed by atoms with Gasteiger partial charge in [-0.25, -0.2) is 4.39 Å². The van der Waals surface area contributed by atoms with Crippen LogP contribution >= 0.6 is 11.6 Å². The average molecular weight is 274 g/mol. The van der Waals surface area contributed by atoms with E-state index in [1.165, 1.54) is 6.07 Å². The van der Waals surface area contributed by atoms with E-state index in [0.29, 0.717) is 19.8 Å². The summed E-state index contributed by atoms with van der Waals surface area (Å²) >= 11 is 5.72. The lowest BCUT2D eigenvalue weighted by atomic mass is 10.2. The van der Waals surface area contributed by atoms with E-state index in [2.05, 4.69) is 5.32 Å². The van der Waals surface area contributed by atoms with Crippen molar-refractivity contribution in [1.29, 1.82) is 0 Å². The summed E-state index contributed by atoms with van der Waals surface area (Å²) in [5.74, 6) is -0.899. The molecule has 1 fully saturated rings. The van der Waals surface area contributed by atoms with Gasteiger partial charge in [0, 0.05) is 6.54 Å². The van der Waals surface area contributed by atoms with Crippen LogP contribution in [-0.4, -0.2) is 25.0 Å². The van der Waals surface area contributed by atoms with E-state index >= 15 is 0 Å². The molecule has 0 radical (unpaired) electrons. The maximum absolute atomic E-state index is 13.0. The Morgan fingerprint density at radius 3 is 2.67 bits per heavy atom. The van der Waals surface area contributed by atoms with Gasteiger partial charge in [0.15, 0.2) is 5.79 Å². The van der Waals surface area contributed by atoms with Gasteiger partial charge < -0.3 is 14.8 Å². The van der Waals surface area contributed by atoms with Crippen LogP contribution in [-0.2, 0) is 16.0 Å². The standard InChI is InChI=1S/C13H17ClFNO2/c1-13(2)17-7-10(8-18-13)16-6-9-3-4-12(15)11(14)5-9/h3-5,10,16H,6-8H2,1-2H3. The van der Waals surface area contributed by atoms with Gasteiger partial charge in [0.25, 0.3) is 0 Å². The van der Waals surface area contributed by atoms with Crippen molar-refractivity contribution < 1.29 is 13.9 Å². The van der Waals surface area contributed by atoms with E-state index in [0.717, 1.165) is 5.56 Å². The zero-order valence-electron chi connectivity index (χ0n) is 10.5. The predicted octanol–water partition coefficient (Wildman–Crippen LogP) is 2.72. The molecule has 1 heterocycles. The van der Waals surface area contributed by atoms with Gasteiger partial charge in [-0.3, -0.25) is 0 Å². The zero-order valence-corrected chi connectivity index (χ0v) is 11.3. The second kappa shape index (κ2) is 5.53. The smallest absolute Gasteiger partial charge is 0.162 e. The highest BCUT2D eigenvalue weighted by Crippen LogP contribution is 2.18. The fraction of sp³-hybridized carbons (Fsp3) is 0.538. The van der Waals surface area contributed by atoms with Crippen LogP contribution in [0.15, 0.2) is 18.2 Å². The van der Waals surface area contributed by atoms with Gasteiger partial charge in [0.2, 0.25) is 0 Å². The number of hydrogen-bond acceptors (Lipinski definition) is 3. The number of benzene rings is 1. The van der Waals surface area contributed by atoms with E-state index in [1.807, 2.05) is 13.8 Å². The van der Waals surface area contributed by atoms with E-state index < -0.39 is 11.6 Å². The molecule has 1 aromatic rings. The van der Waals surface area contributed by atoms with E-state index in [-0.39, 0.29) is 11.1 Å². The second-order valence-corrected chi connectivity index (χ2v) is 5.26. The fourth-order valence-electron chi connectivity index (χ4n) is 1.72. The summed E-state index contributed by atoms with van der Waals surface area (Å²) in [4.78, 5) is 0. The molecule has 0 saturated carbocycles. The average Bonchev–Trinajstić information content (AvgIpc) is 2.32. The van der Waals surface area contributed by atoms with Crippen LogP contribution in [0, 0.1) is 5.82 Å². The van der Waals surface area contributed by atoms with Gasteiger partial charge in [-0.05, 0) is 31.5 Å². The molecule has 100 valence electrons. The molecule has 3 nitrogen and oxygen atoms in total. The SMILES string of the molecule is CC1(C)OCC(NCc2ccc(F)c(Cl)c2)CO1. The molecule has 0 aromatic heterocycles. The van der Waals surface area contributed by atoms with Gasteiger partial charge >= 0.3 is 0 Å². The first-order chi connectivity index (χ1) is 8.46. The lowest BCUT2D eigenvalue weighted by Gasteiger charge is -2.35. The van der Waals surface area contributed by atoms with Crippen LogP contribution in [0.2, 0.25) is 5.02 Å². The van der Waals surface area contributed by atoms with Gasteiger partial charge in [0.1, 0.15) is 5.82 Å². The van der Waals surface area contributed by atoms with Crippen molar-refractivity contribution in [3.05, 3.63) is 34.6 Å². The van der Waals surface area contributed by atoms with Gasteiger partial charge in [0.05, 0.1) is 24.3 Å². The number of nitrogens with one attached hydrogen (secondary N) is 1. The maximum atomic E-state index is 13.0. The summed E-state index contributed by atoms with van der Waals surface area (Å²) in [5.41, 5.74) is 0.936. The van der Waals surface area contributed by atoms with Crippen LogP contribution in [0.25, 0.3) is 0 Å². The van der Waals surface area contributed by atoms with Crippen molar-refractivity contribution in [3.63, 3.8) is 0 Å². The summed E-state index contributed by atoms with van der Waals surface area (Å²) in [5, 5.41) is 3.44. The minimum atomic E-state index is -0.503. The van der Waals surface area contributed by atoms with E-state index in [9.17, 15) is 4.39 Å². The highest BCUT2D eigenvalue weighted by atomic mass is 35.5. The predicted molar refractivity (Wildman–Crippen MR) is 68.0 cm³/mol. The Labute approximate surface area is 111 Å². The molecule has 5 heteroatoms. The molecule has 2 rings (SSSR count). The molecule has 0 unspecified atom stereocenters. The molecule has 0 spiro atoms. The van der Waals surface area contributed by atoms with Crippen LogP contribution in [0.4, 0.5) is 4.39 Å². The highest BCUT2D eigenvalue weighted by Gasteiger charge is 2.27. The van der Waals surface area contributed by atoms with Crippen LogP contribution < -0.4 is 5.32 Å². The zero-order chi connectivity index (χ0) is 13.2. The second-order valence-electron chi connectivity index (χ2n) is 4.85. The topological polar surface area (TPSA) is 30.5 Å². The molecule has 1 aliphatic heterocycles. The van der Waals surface area contributed by atoms with Gasteiger partial charge in [-0.1, -0.05) is 17.7 Å². The van der Waals surface area contributed by atoms with Crippen molar-refractivity contribution in [2.45, 2.75) is 32.2 Å². The molecular formula is C13H17ClFNO2. The van der Waals surface area contributed by atoms with Gasteiger partial charge in [-0.15, -0.1) is 0 Å². The first-order valence-electron chi connectivity index (χ1n) is 5.91. The van der Waals surface area contributed by atoms with Crippen LogP contribution in [0.5, 0.6) is 0 Å². The summed E-state index contributed by atoms with van der Waals surface area (Å²) in [6, 6.07) is 4.85. The largest absolute Gasteiger partial charge is 0.349 e. The summed E-state index contributed by atoms with van der Waals surface area (Å²) < 4.78 is 24.1. The quantitative estimate of drug-likeness (QED) is 0.919. The molecular weight excluding hydrogens is 257 g/mol. The number of hydrogen-bond donors (Lipinski definition) is 1. The molecule has 0 aliphatic carbocycles. The van der Waals surface area contributed by atoms with Gasteiger partial charge in [-0.2, -0.15) is 0 Å². The molecule has 0 amide bonds. The summed E-state index contributed by atoms with van der Waals surface area (Å²) in [7, 11) is 0. The monoisotopic (exact) mass is 273 g/mol. The first-order valence-corrected chi connectivity index (χ1v) is 6.29. The minimum Gasteiger partial charge on any atom is -0.349 e. The third kappa shape index (κ3) is 3.65. The van der Waals surface area contributed by atoms with Crippen LogP contribution in [0.1, 0.15) is 19.4 Å². The third-order valence-corrected chi connectivity index (χ3v) is 3.13. The number of halogens is 2. The third-order valence-electron chi connectivity index (χ3n) is 2.84. The first kappa shape index (κ1) is 13.7. The molecule has 18 heavy (non-hydrogen) atoms. The van der Waals surface area contributed by atoms with Crippen LogP contribution in [0.3, 0.4) is 0 Å². The maximum Gasteiger partial charge on any atom is 0.162 e. The number of rotatable bonds is 3. The molecule has 0 bridgehead atoms. The normalized spacial score (nSPS) is 20.0. The lowest BCUT2D eigenvalue weighted by Crippen LogP contribution is -2.48. The fourth-order valence-corrected chi connectivity index (χ4v) is 1.93. The van der Waals surface area contributed by atoms with Crippen molar-refractivity contribution in [1.82, 2.24) is 5.32 Å². The molecule has 0 atom stereocenters. The molecule has 1 aromatic carbocycles. The summed E-state index contributed by atoms with van der Waals surface area (Å²) in [6.07, 6.45) is 0. The van der Waals surface area contributed by atoms with E-state index in [1.54, 1.807) is 12.1 Å². The molecule has 1 N–H and O–H groups in total. The Kier molecular flexibility index (Phi) is 4.22. The Hall–Kier alpha value is -0.680. The highest BCUT2D eigenvalue weighted by molar-refractivity contribution is 6.30. The number of ether oxygens (including phenoxy) is 2. The molecule has 1 aliphatic rings. The Balaban J connectivity index is 1.83. The Morgan fingerprint density at radius 1 is 1.39 bits per heavy atom. The Bertz CT molecular complexity index is 415. The van der Waals surface area contributed by atoms with Crippen molar-refractivity contribution in [2.75, 3.05) is 13.2 Å². The van der Waals surface area contributed by atoms with Crippen molar-refractivity contribution >= 4 is 11.6 Å². The lowest BCUT2D eigenvalue weighted by molar-refractivity contribution is -0.253. The summed E-state index contributed by atoms with van der Waals surface area (Å²) in [6.45, 7) is 5.59. The molecule has 1 saturated heterocycles. The van der Waals surface area contributed by atoms with Crippen molar-refractivity contribution in [3.8, 4) is 0 Å². The Morgan fingerprint density at radius 2 is 2.06 bits per heavy atom. The minimum absolute atomic E-state index is 0.141.